The van der Waals surface area contributed by atoms with Gasteiger partial charge in [-0.3, -0.25) is 14.4 Å². The summed E-state index contributed by atoms with van der Waals surface area (Å²) in [4.78, 5) is 42.8. The molecular formula is C25H20N2O4. The first-order chi connectivity index (χ1) is 14.8. The topological polar surface area (TPSA) is 76.0 Å². The van der Waals surface area contributed by atoms with Crippen LogP contribution in [0.15, 0.2) is 71.2 Å². The Morgan fingerprint density at radius 2 is 1.55 bits per heavy atom. The predicted molar refractivity (Wildman–Crippen MR) is 117 cm³/mol. The van der Waals surface area contributed by atoms with Crippen LogP contribution in [0.4, 0.5) is 11.4 Å². The quantitative estimate of drug-likeness (QED) is 0.696. The highest BCUT2D eigenvalue weighted by Gasteiger charge is 2.38. The van der Waals surface area contributed by atoms with Crippen molar-refractivity contribution >= 4 is 40.4 Å². The molecule has 0 unspecified atom stereocenters. The summed E-state index contributed by atoms with van der Waals surface area (Å²) in [6.45, 7) is 4.06. The minimum absolute atomic E-state index is 0.123. The van der Waals surface area contributed by atoms with E-state index in [0.717, 1.165) is 22.4 Å². The first-order valence-electron chi connectivity index (χ1n) is 10.2. The molecule has 5 rings (SSSR count). The number of aliphatic imine (C=N–C) groups is 1. The Kier molecular flexibility index (Phi) is 4.25. The third kappa shape index (κ3) is 3.20. The van der Waals surface area contributed by atoms with Crippen molar-refractivity contribution in [1.29, 1.82) is 0 Å². The number of hydrogen-bond acceptors (Lipinski definition) is 5. The number of hydrogen-bond donors (Lipinski definition) is 0. The number of nitrogens with zero attached hydrogens (tertiary/aromatic N) is 2. The van der Waals surface area contributed by atoms with Crippen molar-refractivity contribution in [2.75, 3.05) is 4.90 Å². The van der Waals surface area contributed by atoms with Gasteiger partial charge in [0.2, 0.25) is 5.78 Å². The normalized spacial score (nSPS) is 20.8. The lowest BCUT2D eigenvalue weighted by Gasteiger charge is -2.36. The molecule has 2 heterocycles. The van der Waals surface area contributed by atoms with Gasteiger partial charge in [-0.2, -0.15) is 0 Å². The van der Waals surface area contributed by atoms with Gasteiger partial charge in [0.25, 0.3) is 11.8 Å². The first-order valence-corrected chi connectivity index (χ1v) is 10.2. The SMILES string of the molecule is CC1(C)CCC2=C(O1)c1ccccc1/C(=N/c1ccc(N3C(=O)C=CC3=O)cc1)C2=O. The van der Waals surface area contributed by atoms with Crippen LogP contribution in [0.25, 0.3) is 5.76 Å². The third-order valence-corrected chi connectivity index (χ3v) is 5.70. The summed E-state index contributed by atoms with van der Waals surface area (Å²) in [6, 6.07) is 14.3. The molecule has 0 spiro atoms. The smallest absolute Gasteiger partial charge is 0.258 e. The lowest BCUT2D eigenvalue weighted by molar-refractivity contribution is -0.120. The number of ketones is 1. The number of allylic oxidation sites excluding steroid dienone is 1. The molecule has 0 fully saturated rings. The highest BCUT2D eigenvalue weighted by Crippen LogP contribution is 2.41. The standard InChI is InChI=1S/C25H20N2O4/c1-25(2)14-13-19-23(30)22(17-5-3-4-6-18(17)24(19)31-25)26-15-7-9-16(10-8-15)27-20(28)11-12-21(27)29/h3-12H,13-14H2,1-2H3/b26-22-. The van der Waals surface area contributed by atoms with E-state index in [1.807, 2.05) is 38.1 Å². The molecule has 1 aliphatic carbocycles. The second kappa shape index (κ2) is 6.87. The maximum Gasteiger partial charge on any atom is 0.258 e. The Labute approximate surface area is 179 Å². The summed E-state index contributed by atoms with van der Waals surface area (Å²) in [5, 5.41) is 0. The zero-order chi connectivity index (χ0) is 21.8. The minimum Gasteiger partial charge on any atom is -0.487 e. The summed E-state index contributed by atoms with van der Waals surface area (Å²) in [7, 11) is 0. The number of imide groups is 1. The number of fused-ring (bicyclic) bond motifs is 2. The molecule has 2 aromatic carbocycles. The predicted octanol–water partition coefficient (Wildman–Crippen LogP) is 4.12. The van der Waals surface area contributed by atoms with Crippen LogP contribution in [0, 0.1) is 0 Å². The van der Waals surface area contributed by atoms with Gasteiger partial charge in [0.05, 0.1) is 11.4 Å². The Balaban J connectivity index is 1.54. The molecule has 3 aliphatic rings. The number of rotatable bonds is 2. The second-order valence-electron chi connectivity index (χ2n) is 8.37. The fraction of sp³-hybridized carbons (Fsp3) is 0.200. The number of Topliss-reactive ketones (excluding diaryl/α,β-unsaturated/α-hetero) is 1. The average Bonchev–Trinajstić information content (AvgIpc) is 3.09. The van der Waals surface area contributed by atoms with Crippen LogP contribution < -0.4 is 4.90 Å². The fourth-order valence-corrected chi connectivity index (χ4v) is 4.09. The zero-order valence-electron chi connectivity index (χ0n) is 17.2. The molecule has 0 saturated heterocycles. The van der Waals surface area contributed by atoms with Crippen molar-refractivity contribution in [2.24, 2.45) is 4.99 Å². The molecule has 6 nitrogen and oxygen atoms in total. The molecule has 31 heavy (non-hydrogen) atoms. The number of amides is 2. The van der Waals surface area contributed by atoms with Crippen molar-refractivity contribution in [3.05, 3.63) is 77.4 Å². The Morgan fingerprint density at radius 3 is 2.23 bits per heavy atom. The van der Waals surface area contributed by atoms with Gasteiger partial charge >= 0.3 is 0 Å². The molecule has 0 N–H and O–H groups in total. The lowest BCUT2D eigenvalue weighted by atomic mass is 9.82. The van der Waals surface area contributed by atoms with Crippen LogP contribution in [-0.2, 0) is 19.1 Å². The van der Waals surface area contributed by atoms with E-state index >= 15 is 0 Å². The highest BCUT2D eigenvalue weighted by atomic mass is 16.5. The molecule has 2 aromatic rings. The van der Waals surface area contributed by atoms with Crippen LogP contribution in [0.2, 0.25) is 0 Å². The second-order valence-corrected chi connectivity index (χ2v) is 8.37. The van der Waals surface area contributed by atoms with E-state index in [1.54, 1.807) is 24.3 Å². The number of ether oxygens (including phenoxy) is 1. The number of carbonyl (C=O) groups excluding carboxylic acids is 3. The molecule has 0 saturated carbocycles. The monoisotopic (exact) mass is 412 g/mol. The molecular weight excluding hydrogens is 392 g/mol. The highest BCUT2D eigenvalue weighted by molar-refractivity contribution is 6.54. The van der Waals surface area contributed by atoms with Crippen molar-refractivity contribution in [1.82, 2.24) is 0 Å². The van der Waals surface area contributed by atoms with Gasteiger partial charge in [-0.1, -0.05) is 24.3 Å². The largest absolute Gasteiger partial charge is 0.487 e. The van der Waals surface area contributed by atoms with Gasteiger partial charge in [-0.05, 0) is 51.0 Å². The van der Waals surface area contributed by atoms with E-state index in [9.17, 15) is 14.4 Å². The Morgan fingerprint density at radius 1 is 0.903 bits per heavy atom. The van der Waals surface area contributed by atoms with Crippen molar-refractivity contribution in [2.45, 2.75) is 32.3 Å². The minimum atomic E-state index is -0.375. The summed E-state index contributed by atoms with van der Waals surface area (Å²) < 4.78 is 6.19. The van der Waals surface area contributed by atoms with Crippen LogP contribution in [0.5, 0.6) is 0 Å². The number of anilines is 1. The summed E-state index contributed by atoms with van der Waals surface area (Å²) in [6.07, 6.45) is 3.88. The summed E-state index contributed by atoms with van der Waals surface area (Å²) >= 11 is 0. The van der Waals surface area contributed by atoms with Gasteiger partial charge in [-0.25, -0.2) is 9.89 Å². The molecule has 6 heteroatoms. The van der Waals surface area contributed by atoms with E-state index in [2.05, 4.69) is 4.99 Å². The van der Waals surface area contributed by atoms with E-state index < -0.39 is 0 Å². The first kappa shape index (κ1) is 19.2. The fourth-order valence-electron chi connectivity index (χ4n) is 4.09. The molecule has 154 valence electrons. The van der Waals surface area contributed by atoms with Crippen LogP contribution in [-0.4, -0.2) is 28.9 Å². The van der Waals surface area contributed by atoms with E-state index in [1.165, 1.54) is 12.2 Å². The van der Waals surface area contributed by atoms with E-state index in [0.29, 0.717) is 34.8 Å². The average molecular weight is 412 g/mol. The molecule has 0 radical (unpaired) electrons. The van der Waals surface area contributed by atoms with Crippen molar-refractivity contribution in [3.8, 4) is 0 Å². The van der Waals surface area contributed by atoms with Gasteiger partial charge in [0, 0.05) is 28.9 Å². The summed E-state index contributed by atoms with van der Waals surface area (Å²) in [5.74, 6) is -0.215. The van der Waals surface area contributed by atoms with E-state index in [4.69, 9.17) is 4.74 Å². The summed E-state index contributed by atoms with van der Waals surface area (Å²) in [5.41, 5.74) is 3.35. The van der Waals surface area contributed by atoms with Crippen molar-refractivity contribution < 1.29 is 19.1 Å². The van der Waals surface area contributed by atoms with Crippen LogP contribution >= 0.6 is 0 Å². The Bertz CT molecular complexity index is 1210. The van der Waals surface area contributed by atoms with E-state index in [-0.39, 0.29) is 23.2 Å². The van der Waals surface area contributed by atoms with Crippen molar-refractivity contribution in [3.63, 3.8) is 0 Å². The molecule has 0 atom stereocenters. The van der Waals surface area contributed by atoms with Crippen LogP contribution in [0.1, 0.15) is 37.8 Å². The van der Waals surface area contributed by atoms with Gasteiger partial charge < -0.3 is 4.74 Å². The molecule has 0 bridgehead atoms. The number of carbonyl (C=O) groups is 3. The van der Waals surface area contributed by atoms with Gasteiger partial charge in [-0.15, -0.1) is 0 Å². The maximum absolute atomic E-state index is 13.3. The van der Waals surface area contributed by atoms with Gasteiger partial charge in [0.1, 0.15) is 17.1 Å². The van der Waals surface area contributed by atoms with Crippen LogP contribution in [0.3, 0.4) is 0 Å². The third-order valence-electron chi connectivity index (χ3n) is 5.70. The lowest BCUT2D eigenvalue weighted by Crippen LogP contribution is -2.34. The zero-order valence-corrected chi connectivity index (χ0v) is 17.2. The molecule has 0 aromatic heterocycles. The molecule has 2 aliphatic heterocycles. The maximum atomic E-state index is 13.3. The number of benzene rings is 2. The molecule has 2 amide bonds. The Hall–Kier alpha value is -3.80. The van der Waals surface area contributed by atoms with Gasteiger partial charge in [0.15, 0.2) is 0 Å².